The van der Waals surface area contributed by atoms with Gasteiger partial charge in [0, 0.05) is 6.54 Å². The molecular formula is C15H19NO4. The Labute approximate surface area is 118 Å². The minimum Gasteiger partial charge on any atom is -0.480 e. The van der Waals surface area contributed by atoms with Gasteiger partial charge in [0.25, 0.3) is 0 Å². The van der Waals surface area contributed by atoms with Gasteiger partial charge in [0.2, 0.25) is 5.91 Å². The Kier molecular flexibility index (Phi) is 4.39. The highest BCUT2D eigenvalue weighted by atomic mass is 16.5. The van der Waals surface area contributed by atoms with Gasteiger partial charge in [0.15, 0.2) is 6.04 Å². The highest BCUT2D eigenvalue weighted by molar-refractivity contribution is 5.88. The van der Waals surface area contributed by atoms with Crippen LogP contribution in [0.1, 0.15) is 24.0 Å². The summed E-state index contributed by atoms with van der Waals surface area (Å²) in [4.78, 5) is 25.2. The summed E-state index contributed by atoms with van der Waals surface area (Å²) >= 11 is 0. The first kappa shape index (κ1) is 14.5. The fourth-order valence-corrected chi connectivity index (χ4v) is 2.40. The van der Waals surface area contributed by atoms with Crippen LogP contribution in [0.2, 0.25) is 0 Å². The minimum atomic E-state index is -1.02. The molecule has 1 saturated heterocycles. The molecule has 0 radical (unpaired) electrons. The van der Waals surface area contributed by atoms with Crippen LogP contribution in [0.3, 0.4) is 0 Å². The summed E-state index contributed by atoms with van der Waals surface area (Å²) in [6.45, 7) is 4.55. The third-order valence-electron chi connectivity index (χ3n) is 3.61. The number of carboxylic acids is 1. The van der Waals surface area contributed by atoms with Crippen LogP contribution in [0.5, 0.6) is 0 Å². The van der Waals surface area contributed by atoms with Crippen LogP contribution in [0, 0.1) is 6.92 Å². The largest absolute Gasteiger partial charge is 0.480 e. The Morgan fingerprint density at radius 3 is 2.85 bits per heavy atom. The first-order chi connectivity index (χ1) is 9.50. The number of rotatable bonds is 3. The first-order valence-electron chi connectivity index (χ1n) is 6.68. The normalized spacial score (nSPS) is 20.5. The van der Waals surface area contributed by atoms with Crippen molar-refractivity contribution in [3.05, 3.63) is 35.4 Å². The Balaban J connectivity index is 2.18. The summed E-state index contributed by atoms with van der Waals surface area (Å²) in [5.74, 6) is -1.53. The number of aliphatic carboxylic acids is 1. The molecule has 1 fully saturated rings. The standard InChI is InChI=1S/C15H19NO4/c1-10-4-3-5-12(8-10)11(2)14(17)16-6-7-20-9-13(16)15(18)19/h3-5,8,11,13H,6-7,9H2,1-2H3,(H,18,19)/t11-,13-/m0/s1. The van der Waals surface area contributed by atoms with E-state index in [4.69, 9.17) is 4.74 Å². The van der Waals surface area contributed by atoms with Crippen LogP contribution in [0.15, 0.2) is 24.3 Å². The van der Waals surface area contributed by atoms with Crippen molar-refractivity contribution in [2.75, 3.05) is 19.8 Å². The molecule has 108 valence electrons. The van der Waals surface area contributed by atoms with E-state index in [0.717, 1.165) is 11.1 Å². The summed E-state index contributed by atoms with van der Waals surface area (Å²) in [5.41, 5.74) is 1.99. The number of ether oxygens (including phenoxy) is 1. The van der Waals surface area contributed by atoms with Crippen molar-refractivity contribution in [1.82, 2.24) is 4.90 Å². The summed E-state index contributed by atoms with van der Waals surface area (Å²) < 4.78 is 5.15. The van der Waals surface area contributed by atoms with Crippen molar-refractivity contribution in [2.45, 2.75) is 25.8 Å². The molecule has 0 aromatic heterocycles. The molecule has 1 aromatic carbocycles. The molecule has 0 bridgehead atoms. The lowest BCUT2D eigenvalue weighted by Gasteiger charge is -2.34. The highest BCUT2D eigenvalue weighted by Crippen LogP contribution is 2.21. The van der Waals surface area contributed by atoms with Crippen LogP contribution >= 0.6 is 0 Å². The third-order valence-corrected chi connectivity index (χ3v) is 3.61. The van der Waals surface area contributed by atoms with Gasteiger partial charge in [-0.1, -0.05) is 29.8 Å². The minimum absolute atomic E-state index is 0.0572. The number of carbonyl (C=O) groups is 2. The zero-order valence-corrected chi connectivity index (χ0v) is 11.7. The molecule has 2 atom stereocenters. The number of morpholine rings is 1. The van der Waals surface area contributed by atoms with Gasteiger partial charge in [-0.05, 0) is 19.4 Å². The van der Waals surface area contributed by atoms with Gasteiger partial charge in [0.1, 0.15) is 0 Å². The molecule has 1 N–H and O–H groups in total. The van der Waals surface area contributed by atoms with E-state index in [1.807, 2.05) is 38.1 Å². The summed E-state index contributed by atoms with van der Waals surface area (Å²) in [7, 11) is 0. The first-order valence-corrected chi connectivity index (χ1v) is 6.68. The molecule has 1 heterocycles. The maximum Gasteiger partial charge on any atom is 0.328 e. The zero-order valence-electron chi connectivity index (χ0n) is 11.7. The van der Waals surface area contributed by atoms with E-state index in [1.54, 1.807) is 0 Å². The number of carboxylic acid groups (broad SMARTS) is 1. The SMILES string of the molecule is Cc1cccc([C@H](C)C(=O)N2CCOC[C@H]2C(=O)O)c1. The van der Waals surface area contributed by atoms with E-state index in [0.29, 0.717) is 13.2 Å². The smallest absolute Gasteiger partial charge is 0.328 e. The number of amides is 1. The van der Waals surface area contributed by atoms with Gasteiger partial charge in [0.05, 0.1) is 19.1 Å². The molecule has 1 amide bonds. The molecule has 1 aliphatic heterocycles. The second-order valence-corrected chi connectivity index (χ2v) is 5.10. The van der Waals surface area contributed by atoms with Gasteiger partial charge >= 0.3 is 5.97 Å². The monoisotopic (exact) mass is 277 g/mol. The fraction of sp³-hybridized carbons (Fsp3) is 0.467. The number of benzene rings is 1. The van der Waals surface area contributed by atoms with Gasteiger partial charge < -0.3 is 14.7 Å². The average molecular weight is 277 g/mol. The quantitative estimate of drug-likeness (QED) is 0.907. The molecule has 0 aliphatic carbocycles. The molecule has 5 heteroatoms. The predicted molar refractivity (Wildman–Crippen MR) is 73.5 cm³/mol. The van der Waals surface area contributed by atoms with Gasteiger partial charge in [-0.25, -0.2) is 4.79 Å². The highest BCUT2D eigenvalue weighted by Gasteiger charge is 2.35. The Hall–Kier alpha value is -1.88. The number of carbonyl (C=O) groups excluding carboxylic acids is 1. The van der Waals surface area contributed by atoms with Gasteiger partial charge in [-0.2, -0.15) is 0 Å². The number of hydrogen-bond donors (Lipinski definition) is 1. The van der Waals surface area contributed by atoms with Gasteiger partial charge in [-0.15, -0.1) is 0 Å². The Bertz CT molecular complexity index is 514. The van der Waals surface area contributed by atoms with E-state index in [2.05, 4.69) is 0 Å². The molecule has 5 nitrogen and oxygen atoms in total. The lowest BCUT2D eigenvalue weighted by Crippen LogP contribution is -2.53. The Morgan fingerprint density at radius 1 is 1.45 bits per heavy atom. The lowest BCUT2D eigenvalue weighted by atomic mass is 9.97. The van der Waals surface area contributed by atoms with Crippen LogP contribution in [0.4, 0.5) is 0 Å². The van der Waals surface area contributed by atoms with E-state index >= 15 is 0 Å². The van der Waals surface area contributed by atoms with Crippen LogP contribution < -0.4 is 0 Å². The van der Waals surface area contributed by atoms with Crippen molar-refractivity contribution < 1.29 is 19.4 Å². The van der Waals surface area contributed by atoms with E-state index in [-0.39, 0.29) is 18.4 Å². The molecule has 0 spiro atoms. The van der Waals surface area contributed by atoms with Crippen LogP contribution in [-0.2, 0) is 14.3 Å². The lowest BCUT2D eigenvalue weighted by molar-refractivity contribution is -0.158. The maximum absolute atomic E-state index is 12.5. The molecule has 1 aliphatic rings. The number of hydrogen-bond acceptors (Lipinski definition) is 3. The molecule has 2 rings (SSSR count). The molecule has 0 unspecified atom stereocenters. The number of nitrogens with zero attached hydrogens (tertiary/aromatic N) is 1. The molecule has 20 heavy (non-hydrogen) atoms. The third kappa shape index (κ3) is 2.99. The van der Waals surface area contributed by atoms with Crippen molar-refractivity contribution in [1.29, 1.82) is 0 Å². The average Bonchev–Trinajstić information content (AvgIpc) is 2.45. The number of aryl methyl sites for hydroxylation is 1. The summed E-state index contributed by atoms with van der Waals surface area (Å²) in [5, 5.41) is 9.18. The predicted octanol–water partition coefficient (Wildman–Crippen LogP) is 1.41. The zero-order chi connectivity index (χ0) is 14.7. The van der Waals surface area contributed by atoms with E-state index in [1.165, 1.54) is 4.90 Å². The summed E-state index contributed by atoms with van der Waals surface area (Å²) in [6, 6.07) is 6.84. The topological polar surface area (TPSA) is 66.8 Å². The Morgan fingerprint density at radius 2 is 2.20 bits per heavy atom. The fourth-order valence-electron chi connectivity index (χ4n) is 2.40. The molecular weight excluding hydrogens is 258 g/mol. The van der Waals surface area contributed by atoms with Gasteiger partial charge in [-0.3, -0.25) is 4.79 Å². The second-order valence-electron chi connectivity index (χ2n) is 5.10. The second kappa shape index (κ2) is 6.05. The van der Waals surface area contributed by atoms with Crippen molar-refractivity contribution in [3.63, 3.8) is 0 Å². The van der Waals surface area contributed by atoms with Crippen molar-refractivity contribution in [2.24, 2.45) is 0 Å². The van der Waals surface area contributed by atoms with Crippen LogP contribution in [0.25, 0.3) is 0 Å². The van der Waals surface area contributed by atoms with E-state index < -0.39 is 12.0 Å². The summed E-state index contributed by atoms with van der Waals surface area (Å²) in [6.07, 6.45) is 0. The van der Waals surface area contributed by atoms with E-state index in [9.17, 15) is 14.7 Å². The maximum atomic E-state index is 12.5. The molecule has 1 aromatic rings. The van der Waals surface area contributed by atoms with Crippen molar-refractivity contribution in [3.8, 4) is 0 Å². The molecule has 0 saturated carbocycles. The van der Waals surface area contributed by atoms with Crippen LogP contribution in [-0.4, -0.2) is 47.7 Å². The van der Waals surface area contributed by atoms with Crippen molar-refractivity contribution >= 4 is 11.9 Å².